The van der Waals surface area contributed by atoms with Crippen LogP contribution < -0.4 is 10.6 Å². The molecule has 1 aromatic rings. The topological polar surface area (TPSA) is 41.1 Å². The van der Waals surface area contributed by atoms with Crippen molar-refractivity contribution in [3.8, 4) is 0 Å². The maximum atomic E-state index is 12.8. The summed E-state index contributed by atoms with van der Waals surface area (Å²) in [4.78, 5) is 12.8. The summed E-state index contributed by atoms with van der Waals surface area (Å²) in [5, 5.41) is 6.62. The number of benzene rings is 1. The Morgan fingerprint density at radius 1 is 1.29 bits per heavy atom. The highest BCUT2D eigenvalue weighted by atomic mass is 16.2. The van der Waals surface area contributed by atoms with Crippen LogP contribution in [0.5, 0.6) is 0 Å². The largest absolute Gasteiger partial charge is 0.355 e. The van der Waals surface area contributed by atoms with Crippen molar-refractivity contribution in [1.29, 1.82) is 0 Å². The number of amides is 1. The van der Waals surface area contributed by atoms with Gasteiger partial charge in [0, 0.05) is 6.54 Å². The average Bonchev–Trinajstić information content (AvgIpc) is 2.56. The van der Waals surface area contributed by atoms with Gasteiger partial charge in [0.25, 0.3) is 0 Å². The Morgan fingerprint density at radius 3 is 2.57 bits per heavy atom. The van der Waals surface area contributed by atoms with Gasteiger partial charge in [-0.1, -0.05) is 44.2 Å². The second kappa shape index (κ2) is 7.60. The first-order valence-corrected chi connectivity index (χ1v) is 8.27. The third-order valence-electron chi connectivity index (χ3n) is 4.92. The standard InChI is InChI=1S/C18H28N2O/c1-3-18(4-2,16-10-6-5-7-11-16)17(21)20-14-15-9-8-12-19-13-15/h5-7,10-11,15,19H,3-4,8-9,12-14H2,1-2H3,(H,20,21). The van der Waals surface area contributed by atoms with Crippen LogP contribution in [0.1, 0.15) is 45.1 Å². The fraction of sp³-hybridized carbons (Fsp3) is 0.611. The van der Waals surface area contributed by atoms with E-state index in [-0.39, 0.29) is 11.3 Å². The highest BCUT2D eigenvalue weighted by Gasteiger charge is 2.36. The van der Waals surface area contributed by atoms with Gasteiger partial charge in [0.2, 0.25) is 5.91 Å². The van der Waals surface area contributed by atoms with Crippen molar-refractivity contribution in [2.45, 2.75) is 44.9 Å². The lowest BCUT2D eigenvalue weighted by molar-refractivity contribution is -0.127. The number of hydrogen-bond acceptors (Lipinski definition) is 2. The zero-order valence-electron chi connectivity index (χ0n) is 13.3. The first-order chi connectivity index (χ1) is 10.2. The number of nitrogens with one attached hydrogen (secondary N) is 2. The van der Waals surface area contributed by atoms with Crippen LogP contribution in [0, 0.1) is 5.92 Å². The van der Waals surface area contributed by atoms with Gasteiger partial charge in [0.05, 0.1) is 5.41 Å². The molecule has 0 radical (unpaired) electrons. The Hall–Kier alpha value is -1.35. The van der Waals surface area contributed by atoms with Crippen LogP contribution in [0.25, 0.3) is 0 Å². The molecular formula is C18H28N2O. The van der Waals surface area contributed by atoms with Gasteiger partial charge in [0.1, 0.15) is 0 Å². The summed E-state index contributed by atoms with van der Waals surface area (Å²) >= 11 is 0. The molecule has 1 unspecified atom stereocenters. The van der Waals surface area contributed by atoms with Crippen molar-refractivity contribution in [1.82, 2.24) is 10.6 Å². The van der Waals surface area contributed by atoms with E-state index in [2.05, 4.69) is 36.6 Å². The second-order valence-electron chi connectivity index (χ2n) is 6.08. The van der Waals surface area contributed by atoms with Crippen molar-refractivity contribution in [2.24, 2.45) is 5.92 Å². The molecule has 0 aliphatic carbocycles. The number of carbonyl (C=O) groups is 1. The molecule has 0 aromatic heterocycles. The molecule has 1 aromatic carbocycles. The van der Waals surface area contributed by atoms with Crippen molar-refractivity contribution in [3.05, 3.63) is 35.9 Å². The van der Waals surface area contributed by atoms with Crippen molar-refractivity contribution in [3.63, 3.8) is 0 Å². The molecule has 1 fully saturated rings. The van der Waals surface area contributed by atoms with E-state index >= 15 is 0 Å². The zero-order chi connectivity index (χ0) is 15.1. The van der Waals surface area contributed by atoms with Gasteiger partial charge < -0.3 is 10.6 Å². The predicted molar refractivity (Wildman–Crippen MR) is 87.3 cm³/mol. The van der Waals surface area contributed by atoms with E-state index in [4.69, 9.17) is 0 Å². The van der Waals surface area contributed by atoms with Crippen molar-refractivity contribution >= 4 is 5.91 Å². The first kappa shape index (κ1) is 16.0. The molecule has 1 aliphatic heterocycles. The molecule has 116 valence electrons. The van der Waals surface area contributed by atoms with Crippen LogP contribution in [0.15, 0.2) is 30.3 Å². The van der Waals surface area contributed by atoms with Gasteiger partial charge in [-0.2, -0.15) is 0 Å². The molecule has 1 aliphatic rings. The van der Waals surface area contributed by atoms with E-state index in [0.717, 1.165) is 38.0 Å². The van der Waals surface area contributed by atoms with E-state index in [1.165, 1.54) is 12.8 Å². The summed E-state index contributed by atoms with van der Waals surface area (Å²) < 4.78 is 0. The van der Waals surface area contributed by atoms with E-state index in [0.29, 0.717) is 5.92 Å². The Labute approximate surface area is 128 Å². The monoisotopic (exact) mass is 288 g/mol. The summed E-state index contributed by atoms with van der Waals surface area (Å²) in [7, 11) is 0. The Balaban J connectivity index is 2.05. The molecule has 0 saturated carbocycles. The lowest BCUT2D eigenvalue weighted by atomic mass is 9.75. The third-order valence-corrected chi connectivity index (χ3v) is 4.92. The smallest absolute Gasteiger partial charge is 0.230 e. The molecule has 1 atom stereocenters. The lowest BCUT2D eigenvalue weighted by Gasteiger charge is -2.32. The number of rotatable bonds is 6. The van der Waals surface area contributed by atoms with Gasteiger partial charge >= 0.3 is 0 Å². The van der Waals surface area contributed by atoms with E-state index < -0.39 is 0 Å². The molecule has 3 nitrogen and oxygen atoms in total. The van der Waals surface area contributed by atoms with E-state index in [1.54, 1.807) is 0 Å². The second-order valence-corrected chi connectivity index (χ2v) is 6.08. The van der Waals surface area contributed by atoms with Gasteiger partial charge in [-0.15, -0.1) is 0 Å². The molecule has 1 heterocycles. The molecule has 2 N–H and O–H groups in total. The minimum atomic E-state index is -0.386. The van der Waals surface area contributed by atoms with E-state index in [1.807, 2.05) is 18.2 Å². The molecule has 1 saturated heterocycles. The lowest BCUT2D eigenvalue weighted by Crippen LogP contribution is -2.47. The van der Waals surface area contributed by atoms with Crippen LogP contribution in [-0.4, -0.2) is 25.5 Å². The SMILES string of the molecule is CCC(CC)(C(=O)NCC1CCCNC1)c1ccccc1. The molecule has 0 bridgehead atoms. The highest BCUT2D eigenvalue weighted by Crippen LogP contribution is 2.32. The van der Waals surface area contributed by atoms with Crippen LogP contribution in [-0.2, 0) is 10.2 Å². The quantitative estimate of drug-likeness (QED) is 0.845. The predicted octanol–water partition coefficient (Wildman–Crippen LogP) is 2.86. The number of carbonyl (C=O) groups excluding carboxylic acids is 1. The molecule has 21 heavy (non-hydrogen) atoms. The Bertz CT molecular complexity index is 434. The summed E-state index contributed by atoms with van der Waals surface area (Å²) in [5.74, 6) is 0.758. The highest BCUT2D eigenvalue weighted by molar-refractivity contribution is 5.88. The Morgan fingerprint density at radius 2 is 2.00 bits per heavy atom. The van der Waals surface area contributed by atoms with Crippen molar-refractivity contribution < 1.29 is 4.79 Å². The molecule has 3 heteroatoms. The van der Waals surface area contributed by atoms with Crippen LogP contribution in [0.2, 0.25) is 0 Å². The van der Waals surface area contributed by atoms with Crippen LogP contribution in [0.4, 0.5) is 0 Å². The maximum absolute atomic E-state index is 12.8. The van der Waals surface area contributed by atoms with Gasteiger partial charge in [-0.05, 0) is 50.3 Å². The zero-order valence-corrected chi connectivity index (χ0v) is 13.3. The fourth-order valence-electron chi connectivity index (χ4n) is 3.37. The first-order valence-electron chi connectivity index (χ1n) is 8.27. The molecule has 2 rings (SSSR count). The van der Waals surface area contributed by atoms with E-state index in [9.17, 15) is 4.79 Å². The average molecular weight is 288 g/mol. The number of hydrogen-bond donors (Lipinski definition) is 2. The summed E-state index contributed by atoms with van der Waals surface area (Å²) in [6, 6.07) is 10.2. The number of piperidine rings is 1. The molecule has 0 spiro atoms. The van der Waals surface area contributed by atoms with Crippen molar-refractivity contribution in [2.75, 3.05) is 19.6 Å². The summed E-state index contributed by atoms with van der Waals surface area (Å²) in [6.45, 7) is 7.15. The van der Waals surface area contributed by atoms with Crippen LogP contribution in [0.3, 0.4) is 0 Å². The fourth-order valence-corrected chi connectivity index (χ4v) is 3.37. The minimum Gasteiger partial charge on any atom is -0.355 e. The Kier molecular flexibility index (Phi) is 5.80. The van der Waals surface area contributed by atoms with Gasteiger partial charge in [-0.25, -0.2) is 0 Å². The summed E-state index contributed by atoms with van der Waals surface area (Å²) in [6.07, 6.45) is 4.10. The third kappa shape index (κ3) is 3.65. The normalized spacial score (nSPS) is 19.2. The molecular weight excluding hydrogens is 260 g/mol. The van der Waals surface area contributed by atoms with Crippen LogP contribution >= 0.6 is 0 Å². The van der Waals surface area contributed by atoms with Gasteiger partial charge in [-0.3, -0.25) is 4.79 Å². The summed E-state index contributed by atoms with van der Waals surface area (Å²) in [5.41, 5.74) is 0.748. The maximum Gasteiger partial charge on any atom is 0.230 e. The minimum absolute atomic E-state index is 0.185. The van der Waals surface area contributed by atoms with Gasteiger partial charge in [0.15, 0.2) is 0 Å². The molecule has 1 amide bonds.